The van der Waals surface area contributed by atoms with Crippen molar-refractivity contribution in [1.82, 2.24) is 0 Å². The molecule has 1 aliphatic carbocycles. The van der Waals surface area contributed by atoms with Crippen molar-refractivity contribution in [3.8, 4) is 0 Å². The maximum atomic E-state index is 5.16. The highest BCUT2D eigenvalue weighted by atomic mass is 16.5. The van der Waals surface area contributed by atoms with Crippen molar-refractivity contribution < 1.29 is 4.74 Å². The lowest BCUT2D eigenvalue weighted by atomic mass is 9.82. The van der Waals surface area contributed by atoms with E-state index in [4.69, 9.17) is 4.74 Å². The van der Waals surface area contributed by atoms with Crippen molar-refractivity contribution in [2.45, 2.75) is 33.1 Å². The maximum Gasteiger partial charge on any atom is 0.0490 e. The quantitative estimate of drug-likeness (QED) is 0.589. The second kappa shape index (κ2) is 4.66. The van der Waals surface area contributed by atoms with Crippen LogP contribution in [-0.2, 0) is 4.74 Å². The molecule has 0 saturated carbocycles. The molecule has 0 bridgehead atoms. The highest BCUT2D eigenvalue weighted by Crippen LogP contribution is 2.28. The van der Waals surface area contributed by atoms with E-state index >= 15 is 0 Å². The normalized spacial score (nSPS) is 26.6. The molecule has 0 spiro atoms. The average Bonchev–Trinajstić information content (AvgIpc) is 2.06. The zero-order chi connectivity index (χ0) is 8.97. The Kier molecular flexibility index (Phi) is 3.80. The zero-order valence-electron chi connectivity index (χ0n) is 8.47. The third-order valence-corrected chi connectivity index (χ3v) is 2.91. The van der Waals surface area contributed by atoms with Crippen LogP contribution in [-0.4, -0.2) is 13.7 Å². The smallest absolute Gasteiger partial charge is 0.0490 e. The van der Waals surface area contributed by atoms with Crippen molar-refractivity contribution in [3.05, 3.63) is 11.6 Å². The summed E-state index contributed by atoms with van der Waals surface area (Å²) in [4.78, 5) is 0. The first-order valence-electron chi connectivity index (χ1n) is 4.88. The van der Waals surface area contributed by atoms with Crippen LogP contribution in [0.3, 0.4) is 0 Å². The van der Waals surface area contributed by atoms with Crippen molar-refractivity contribution in [3.63, 3.8) is 0 Å². The van der Waals surface area contributed by atoms with E-state index in [0.29, 0.717) is 0 Å². The summed E-state index contributed by atoms with van der Waals surface area (Å²) in [6.45, 7) is 5.44. The minimum atomic E-state index is 0.722. The fraction of sp³-hybridized carbons (Fsp3) is 0.818. The molecule has 1 rings (SSSR count). The first-order chi connectivity index (χ1) is 5.74. The maximum absolute atomic E-state index is 5.16. The van der Waals surface area contributed by atoms with Gasteiger partial charge in [-0.1, -0.05) is 18.6 Å². The number of rotatable bonds is 3. The topological polar surface area (TPSA) is 9.23 Å². The molecule has 1 heteroatoms. The fourth-order valence-electron chi connectivity index (χ4n) is 1.90. The van der Waals surface area contributed by atoms with Crippen LogP contribution in [0.5, 0.6) is 0 Å². The van der Waals surface area contributed by atoms with E-state index in [-0.39, 0.29) is 0 Å². The Bertz CT molecular complexity index is 160. The van der Waals surface area contributed by atoms with Crippen LogP contribution in [0, 0.1) is 11.8 Å². The molecule has 0 heterocycles. The van der Waals surface area contributed by atoms with Gasteiger partial charge in [0.15, 0.2) is 0 Å². The van der Waals surface area contributed by atoms with E-state index in [1.54, 1.807) is 12.7 Å². The Balaban J connectivity index is 2.34. The third kappa shape index (κ3) is 2.63. The van der Waals surface area contributed by atoms with Gasteiger partial charge in [0, 0.05) is 13.7 Å². The molecule has 70 valence electrons. The number of hydrogen-bond donors (Lipinski definition) is 0. The molecule has 1 nitrogen and oxygen atoms in total. The van der Waals surface area contributed by atoms with Gasteiger partial charge in [-0.15, -0.1) is 0 Å². The number of hydrogen-bond acceptors (Lipinski definition) is 1. The molecule has 0 amide bonds. The van der Waals surface area contributed by atoms with Gasteiger partial charge in [0.25, 0.3) is 0 Å². The van der Waals surface area contributed by atoms with E-state index in [1.165, 1.54) is 19.3 Å². The van der Waals surface area contributed by atoms with E-state index in [9.17, 15) is 0 Å². The van der Waals surface area contributed by atoms with E-state index in [1.807, 2.05) is 0 Å². The molecule has 0 aromatic carbocycles. The molecule has 12 heavy (non-hydrogen) atoms. The Hall–Kier alpha value is -0.300. The molecule has 2 unspecified atom stereocenters. The lowest BCUT2D eigenvalue weighted by molar-refractivity contribution is 0.125. The largest absolute Gasteiger partial charge is 0.384 e. The SMILES string of the molecule is COCC(C)C1CC=C(C)CC1. The second-order valence-corrected chi connectivity index (χ2v) is 4.02. The van der Waals surface area contributed by atoms with Crippen LogP contribution in [0.1, 0.15) is 33.1 Å². The summed E-state index contributed by atoms with van der Waals surface area (Å²) >= 11 is 0. The molecular weight excluding hydrogens is 148 g/mol. The van der Waals surface area contributed by atoms with Gasteiger partial charge >= 0.3 is 0 Å². The molecule has 0 N–H and O–H groups in total. The molecule has 0 saturated heterocycles. The first-order valence-corrected chi connectivity index (χ1v) is 4.88. The lowest BCUT2D eigenvalue weighted by Gasteiger charge is -2.25. The van der Waals surface area contributed by atoms with Gasteiger partial charge in [0.05, 0.1) is 0 Å². The van der Waals surface area contributed by atoms with E-state index < -0.39 is 0 Å². The summed E-state index contributed by atoms with van der Waals surface area (Å²) in [5.41, 5.74) is 1.57. The summed E-state index contributed by atoms with van der Waals surface area (Å²) in [6, 6.07) is 0. The molecule has 0 radical (unpaired) electrons. The highest BCUT2D eigenvalue weighted by Gasteiger charge is 2.18. The summed E-state index contributed by atoms with van der Waals surface area (Å²) in [5.74, 6) is 1.58. The number of ether oxygens (including phenoxy) is 1. The first kappa shape index (κ1) is 9.79. The van der Waals surface area contributed by atoms with Gasteiger partial charge in [-0.25, -0.2) is 0 Å². The molecule has 0 aromatic heterocycles. The van der Waals surface area contributed by atoms with Gasteiger partial charge < -0.3 is 4.74 Å². The van der Waals surface area contributed by atoms with Gasteiger partial charge in [0.1, 0.15) is 0 Å². The molecule has 1 aliphatic rings. The molecular formula is C11H20O. The van der Waals surface area contributed by atoms with Crippen LogP contribution in [0.4, 0.5) is 0 Å². The Morgan fingerprint density at radius 1 is 1.67 bits per heavy atom. The Labute approximate surface area is 75.8 Å². The molecule has 0 aliphatic heterocycles. The van der Waals surface area contributed by atoms with Gasteiger partial charge in [-0.3, -0.25) is 0 Å². The summed E-state index contributed by atoms with van der Waals surface area (Å²) in [7, 11) is 1.79. The molecule has 2 atom stereocenters. The number of methoxy groups -OCH3 is 1. The monoisotopic (exact) mass is 168 g/mol. The van der Waals surface area contributed by atoms with E-state index in [2.05, 4.69) is 19.9 Å². The third-order valence-electron chi connectivity index (χ3n) is 2.91. The summed E-state index contributed by atoms with van der Waals surface area (Å²) < 4.78 is 5.16. The molecule has 0 aromatic rings. The highest BCUT2D eigenvalue weighted by molar-refractivity contribution is 5.03. The second-order valence-electron chi connectivity index (χ2n) is 4.02. The van der Waals surface area contributed by atoms with Gasteiger partial charge in [-0.05, 0) is 38.0 Å². The summed E-state index contributed by atoms with van der Waals surface area (Å²) in [6.07, 6.45) is 6.29. The standard InChI is InChI=1S/C11H20O/c1-9-4-6-11(7-5-9)10(2)8-12-3/h4,10-11H,5-8H2,1-3H3. The van der Waals surface area contributed by atoms with Crippen molar-refractivity contribution in [2.75, 3.05) is 13.7 Å². The summed E-state index contributed by atoms with van der Waals surface area (Å²) in [5, 5.41) is 0. The average molecular weight is 168 g/mol. The minimum absolute atomic E-state index is 0.722. The van der Waals surface area contributed by atoms with Crippen molar-refractivity contribution in [2.24, 2.45) is 11.8 Å². The predicted octanol–water partition coefficient (Wildman–Crippen LogP) is 3.02. The van der Waals surface area contributed by atoms with Gasteiger partial charge in [0.2, 0.25) is 0 Å². The lowest BCUT2D eigenvalue weighted by Crippen LogP contribution is -2.18. The molecule has 0 fully saturated rings. The predicted molar refractivity (Wildman–Crippen MR) is 52.1 cm³/mol. The Morgan fingerprint density at radius 2 is 2.42 bits per heavy atom. The van der Waals surface area contributed by atoms with Gasteiger partial charge in [-0.2, -0.15) is 0 Å². The minimum Gasteiger partial charge on any atom is -0.384 e. The Morgan fingerprint density at radius 3 is 2.92 bits per heavy atom. The van der Waals surface area contributed by atoms with Crippen LogP contribution in [0.15, 0.2) is 11.6 Å². The fourth-order valence-corrected chi connectivity index (χ4v) is 1.90. The van der Waals surface area contributed by atoms with Crippen LogP contribution < -0.4 is 0 Å². The van der Waals surface area contributed by atoms with Crippen LogP contribution >= 0.6 is 0 Å². The van der Waals surface area contributed by atoms with Crippen LogP contribution in [0.2, 0.25) is 0 Å². The number of allylic oxidation sites excluding steroid dienone is 2. The van der Waals surface area contributed by atoms with E-state index in [0.717, 1.165) is 18.4 Å². The van der Waals surface area contributed by atoms with Crippen molar-refractivity contribution >= 4 is 0 Å². The zero-order valence-corrected chi connectivity index (χ0v) is 8.47. The van der Waals surface area contributed by atoms with Crippen LogP contribution in [0.25, 0.3) is 0 Å². The van der Waals surface area contributed by atoms with Crippen molar-refractivity contribution in [1.29, 1.82) is 0 Å².